The lowest BCUT2D eigenvalue weighted by molar-refractivity contribution is 0.0139. The highest BCUT2D eigenvalue weighted by molar-refractivity contribution is 5.75. The van der Waals surface area contributed by atoms with Gasteiger partial charge in [-0.25, -0.2) is 4.98 Å². The lowest BCUT2D eigenvalue weighted by Gasteiger charge is -2.38. The molecule has 0 bridgehead atoms. The third-order valence-electron chi connectivity index (χ3n) is 5.72. The van der Waals surface area contributed by atoms with Gasteiger partial charge in [0, 0.05) is 26.2 Å². The normalized spacial score (nSPS) is 23.1. The number of morpholine rings is 1. The van der Waals surface area contributed by atoms with Crippen molar-refractivity contribution in [2.45, 2.75) is 39.7 Å². The summed E-state index contributed by atoms with van der Waals surface area (Å²) in [5, 5.41) is 0. The fourth-order valence-corrected chi connectivity index (χ4v) is 4.59. The molecule has 1 aromatic heterocycles. The first-order chi connectivity index (χ1) is 12.5. The molecule has 1 atom stereocenters. The monoisotopic (exact) mass is 356 g/mol. The van der Waals surface area contributed by atoms with E-state index in [0.717, 1.165) is 50.7 Å². The van der Waals surface area contributed by atoms with Gasteiger partial charge in [-0.15, -0.1) is 0 Å². The third kappa shape index (κ3) is 3.95. The summed E-state index contributed by atoms with van der Waals surface area (Å²) in [7, 11) is 0. The maximum absolute atomic E-state index is 5.50. The van der Waals surface area contributed by atoms with E-state index in [1.54, 1.807) is 0 Å². The van der Waals surface area contributed by atoms with Gasteiger partial charge in [0.1, 0.15) is 5.82 Å². The summed E-state index contributed by atoms with van der Waals surface area (Å²) in [5.74, 6) is 1.14. The first-order valence-corrected chi connectivity index (χ1v) is 10.0. The number of rotatable bonds is 5. The zero-order chi connectivity index (χ0) is 18.1. The number of aryl methyl sites for hydroxylation is 1. The number of nitrogens with zero attached hydrogens (tertiary/aromatic N) is 3. The molecule has 3 heterocycles. The van der Waals surface area contributed by atoms with E-state index >= 15 is 0 Å². The van der Waals surface area contributed by atoms with Gasteiger partial charge in [-0.1, -0.05) is 19.9 Å². The molecule has 5 heteroatoms. The summed E-state index contributed by atoms with van der Waals surface area (Å²) in [6.07, 6.45) is 2.46. The third-order valence-corrected chi connectivity index (χ3v) is 5.72. The van der Waals surface area contributed by atoms with Crippen LogP contribution in [-0.4, -0.2) is 65.7 Å². The van der Waals surface area contributed by atoms with E-state index in [1.165, 1.54) is 30.5 Å². The minimum absolute atomic E-state index is 0.266. The topological polar surface area (TPSA) is 44.4 Å². The molecule has 0 radical (unpaired) electrons. The Balaban J connectivity index is 1.46. The Kier molecular flexibility index (Phi) is 5.04. The molecule has 2 saturated heterocycles. The van der Waals surface area contributed by atoms with Crippen molar-refractivity contribution in [1.82, 2.24) is 19.8 Å². The van der Waals surface area contributed by atoms with Crippen LogP contribution in [0, 0.1) is 12.3 Å². The molecule has 0 amide bonds. The summed E-state index contributed by atoms with van der Waals surface area (Å²) in [5.41, 5.74) is 3.80. The van der Waals surface area contributed by atoms with Crippen molar-refractivity contribution in [2.75, 3.05) is 45.9 Å². The van der Waals surface area contributed by atoms with Gasteiger partial charge in [0.15, 0.2) is 0 Å². The van der Waals surface area contributed by atoms with Gasteiger partial charge < -0.3 is 9.72 Å². The van der Waals surface area contributed by atoms with Crippen molar-refractivity contribution in [3.05, 3.63) is 29.6 Å². The number of H-pyrrole nitrogens is 1. The van der Waals surface area contributed by atoms with Gasteiger partial charge >= 0.3 is 0 Å². The second-order valence-corrected chi connectivity index (χ2v) is 8.82. The first-order valence-electron chi connectivity index (χ1n) is 10.0. The van der Waals surface area contributed by atoms with E-state index in [1.807, 2.05) is 0 Å². The van der Waals surface area contributed by atoms with Crippen molar-refractivity contribution < 1.29 is 4.74 Å². The van der Waals surface area contributed by atoms with E-state index in [0.29, 0.717) is 6.04 Å². The molecule has 2 aromatic rings. The molecule has 26 heavy (non-hydrogen) atoms. The Morgan fingerprint density at radius 1 is 1.19 bits per heavy atom. The molecular formula is C21H32N4O. The Morgan fingerprint density at radius 2 is 2.00 bits per heavy atom. The molecule has 5 nitrogen and oxygen atoms in total. The Labute approximate surface area is 156 Å². The molecule has 1 aromatic carbocycles. The molecule has 0 unspecified atom stereocenters. The second kappa shape index (κ2) is 7.29. The second-order valence-electron chi connectivity index (χ2n) is 8.82. The van der Waals surface area contributed by atoms with Crippen LogP contribution in [-0.2, 0) is 4.74 Å². The van der Waals surface area contributed by atoms with Crippen molar-refractivity contribution in [1.29, 1.82) is 0 Å². The van der Waals surface area contributed by atoms with Crippen molar-refractivity contribution in [2.24, 2.45) is 5.41 Å². The SMILES string of the molecule is Cc1ccc2nc([C@@H]3CCCN3CC(C)(C)CN3CCOCC3)[nH]c2c1. The van der Waals surface area contributed by atoms with Gasteiger partial charge in [-0.3, -0.25) is 9.80 Å². The summed E-state index contributed by atoms with van der Waals surface area (Å²) < 4.78 is 5.50. The molecule has 2 fully saturated rings. The smallest absolute Gasteiger partial charge is 0.124 e. The zero-order valence-corrected chi connectivity index (χ0v) is 16.4. The van der Waals surface area contributed by atoms with Crippen LogP contribution in [0.3, 0.4) is 0 Å². The number of fused-ring (bicyclic) bond motifs is 1. The number of likely N-dealkylation sites (tertiary alicyclic amines) is 1. The molecule has 142 valence electrons. The fourth-order valence-electron chi connectivity index (χ4n) is 4.59. The first kappa shape index (κ1) is 18.0. The minimum atomic E-state index is 0.266. The molecule has 2 aliphatic heterocycles. The number of hydrogen-bond acceptors (Lipinski definition) is 4. The van der Waals surface area contributed by atoms with E-state index in [2.05, 4.69) is 53.8 Å². The van der Waals surface area contributed by atoms with E-state index in [9.17, 15) is 0 Å². The van der Waals surface area contributed by atoms with Gasteiger partial charge in [0.05, 0.1) is 30.3 Å². The van der Waals surface area contributed by atoms with Crippen LogP contribution in [0.5, 0.6) is 0 Å². The van der Waals surface area contributed by atoms with Gasteiger partial charge in [-0.2, -0.15) is 0 Å². The zero-order valence-electron chi connectivity index (χ0n) is 16.4. The lowest BCUT2D eigenvalue weighted by Crippen LogP contribution is -2.46. The Hall–Kier alpha value is -1.43. The number of nitrogens with one attached hydrogen (secondary N) is 1. The highest BCUT2D eigenvalue weighted by Gasteiger charge is 2.33. The average molecular weight is 357 g/mol. The van der Waals surface area contributed by atoms with Crippen LogP contribution < -0.4 is 0 Å². The maximum atomic E-state index is 5.50. The lowest BCUT2D eigenvalue weighted by atomic mass is 9.91. The van der Waals surface area contributed by atoms with Gasteiger partial charge in [-0.05, 0) is 49.4 Å². The molecule has 1 N–H and O–H groups in total. The highest BCUT2D eigenvalue weighted by Crippen LogP contribution is 2.34. The number of aromatic nitrogens is 2. The molecule has 0 aliphatic carbocycles. The highest BCUT2D eigenvalue weighted by atomic mass is 16.5. The van der Waals surface area contributed by atoms with E-state index < -0.39 is 0 Å². The van der Waals surface area contributed by atoms with E-state index in [4.69, 9.17) is 9.72 Å². The largest absolute Gasteiger partial charge is 0.379 e. The fraction of sp³-hybridized carbons (Fsp3) is 0.667. The van der Waals surface area contributed by atoms with Gasteiger partial charge in [0.25, 0.3) is 0 Å². The number of hydrogen-bond donors (Lipinski definition) is 1. The van der Waals surface area contributed by atoms with Crippen LogP contribution in [0.1, 0.15) is 44.1 Å². The quantitative estimate of drug-likeness (QED) is 0.892. The molecular weight excluding hydrogens is 324 g/mol. The van der Waals surface area contributed by atoms with Crippen LogP contribution in [0.2, 0.25) is 0 Å². The van der Waals surface area contributed by atoms with E-state index in [-0.39, 0.29) is 5.41 Å². The molecule has 2 aliphatic rings. The molecule has 0 saturated carbocycles. The Bertz CT molecular complexity index is 748. The average Bonchev–Trinajstić information content (AvgIpc) is 3.20. The standard InChI is InChI=1S/C21H32N4O/c1-16-6-7-17-18(13-16)23-20(22-17)19-5-4-8-25(19)15-21(2,3)14-24-9-11-26-12-10-24/h6-7,13,19H,4-5,8-12,14-15H2,1-3H3,(H,22,23)/t19-/m0/s1. The molecule has 4 rings (SSSR count). The maximum Gasteiger partial charge on any atom is 0.124 e. The van der Waals surface area contributed by atoms with Crippen molar-refractivity contribution >= 4 is 11.0 Å². The summed E-state index contributed by atoms with van der Waals surface area (Å²) in [6, 6.07) is 6.90. The number of ether oxygens (including phenoxy) is 1. The number of benzene rings is 1. The molecule has 0 spiro atoms. The summed E-state index contributed by atoms with van der Waals surface area (Å²) >= 11 is 0. The van der Waals surface area contributed by atoms with Crippen LogP contribution >= 0.6 is 0 Å². The van der Waals surface area contributed by atoms with Crippen molar-refractivity contribution in [3.8, 4) is 0 Å². The van der Waals surface area contributed by atoms with Crippen LogP contribution in [0.25, 0.3) is 11.0 Å². The predicted molar refractivity (Wildman–Crippen MR) is 105 cm³/mol. The predicted octanol–water partition coefficient (Wildman–Crippen LogP) is 3.37. The number of imidazole rings is 1. The Morgan fingerprint density at radius 3 is 2.81 bits per heavy atom. The van der Waals surface area contributed by atoms with Crippen molar-refractivity contribution in [3.63, 3.8) is 0 Å². The van der Waals surface area contributed by atoms with Crippen LogP contribution in [0.15, 0.2) is 18.2 Å². The summed E-state index contributed by atoms with van der Waals surface area (Å²) in [4.78, 5) is 13.7. The minimum Gasteiger partial charge on any atom is -0.379 e. The van der Waals surface area contributed by atoms with Crippen LogP contribution in [0.4, 0.5) is 0 Å². The number of aromatic amines is 1. The summed E-state index contributed by atoms with van der Waals surface area (Å²) in [6.45, 7) is 14.3. The van der Waals surface area contributed by atoms with Gasteiger partial charge in [0.2, 0.25) is 0 Å².